The van der Waals surface area contributed by atoms with Crippen molar-refractivity contribution >= 4 is 17.4 Å². The molecule has 0 aliphatic carbocycles. The van der Waals surface area contributed by atoms with Crippen LogP contribution in [0.15, 0.2) is 10.9 Å². The molecule has 106 valence electrons. The Labute approximate surface area is 118 Å². The van der Waals surface area contributed by atoms with Crippen molar-refractivity contribution in [1.82, 2.24) is 15.2 Å². The molecule has 1 aliphatic heterocycles. The predicted molar refractivity (Wildman–Crippen MR) is 75.3 cm³/mol. The van der Waals surface area contributed by atoms with Crippen molar-refractivity contribution in [2.75, 3.05) is 13.1 Å². The smallest absolute Gasteiger partial charge is 0.410 e. The molecule has 1 amide bonds. The molecule has 19 heavy (non-hydrogen) atoms. The van der Waals surface area contributed by atoms with Gasteiger partial charge in [0, 0.05) is 30.6 Å². The maximum atomic E-state index is 11.8. The van der Waals surface area contributed by atoms with E-state index in [1.165, 1.54) is 0 Å². The molecule has 5 nitrogen and oxygen atoms in total. The Bertz CT molecular complexity index is 422. The first kappa shape index (κ1) is 14.3. The number of rotatable bonds is 3. The fourth-order valence-electron chi connectivity index (χ4n) is 1.93. The lowest BCUT2D eigenvalue weighted by Gasteiger charge is -2.41. The third kappa shape index (κ3) is 3.91. The molecule has 1 aromatic rings. The zero-order valence-corrected chi connectivity index (χ0v) is 12.7. The lowest BCUT2D eigenvalue weighted by molar-refractivity contribution is 0.00430. The van der Waals surface area contributed by atoms with Crippen molar-refractivity contribution in [3.8, 4) is 0 Å². The Morgan fingerprint density at radius 2 is 2.26 bits per heavy atom. The molecule has 1 aromatic heterocycles. The molecule has 1 saturated heterocycles. The first-order valence-electron chi connectivity index (χ1n) is 6.47. The molecule has 1 unspecified atom stereocenters. The normalized spacial score (nSPS) is 18.0. The first-order valence-corrected chi connectivity index (χ1v) is 7.41. The summed E-state index contributed by atoms with van der Waals surface area (Å²) in [7, 11) is 0. The minimum absolute atomic E-state index is 0.219. The Hall–Kier alpha value is -1.14. The number of amides is 1. The Kier molecular flexibility index (Phi) is 4.10. The summed E-state index contributed by atoms with van der Waals surface area (Å²) in [5.74, 6) is 0. The Morgan fingerprint density at radius 1 is 1.58 bits per heavy atom. The summed E-state index contributed by atoms with van der Waals surface area (Å²) < 4.78 is 5.32. The largest absolute Gasteiger partial charge is 0.444 e. The maximum Gasteiger partial charge on any atom is 0.410 e. The molecule has 1 N–H and O–H groups in total. The van der Waals surface area contributed by atoms with Crippen LogP contribution in [0.4, 0.5) is 4.79 Å². The summed E-state index contributed by atoms with van der Waals surface area (Å²) in [5.41, 5.74) is 2.46. The van der Waals surface area contributed by atoms with E-state index in [1.807, 2.05) is 31.7 Å². The number of thiazole rings is 1. The van der Waals surface area contributed by atoms with Gasteiger partial charge >= 0.3 is 6.09 Å². The van der Waals surface area contributed by atoms with E-state index in [2.05, 4.69) is 17.2 Å². The van der Waals surface area contributed by atoms with Crippen LogP contribution >= 0.6 is 11.3 Å². The van der Waals surface area contributed by atoms with Gasteiger partial charge in [0.25, 0.3) is 0 Å². The van der Waals surface area contributed by atoms with Gasteiger partial charge in [-0.3, -0.25) is 0 Å². The van der Waals surface area contributed by atoms with Gasteiger partial charge in [-0.15, -0.1) is 11.3 Å². The molecule has 0 radical (unpaired) electrons. The van der Waals surface area contributed by atoms with E-state index in [0.717, 1.165) is 5.69 Å². The number of ether oxygens (including phenoxy) is 1. The summed E-state index contributed by atoms with van der Waals surface area (Å²) in [6.45, 7) is 9.12. The van der Waals surface area contributed by atoms with Gasteiger partial charge in [0.1, 0.15) is 5.60 Å². The van der Waals surface area contributed by atoms with Crippen LogP contribution in [0, 0.1) is 0 Å². The quantitative estimate of drug-likeness (QED) is 0.925. The average Bonchev–Trinajstić information content (AvgIpc) is 2.72. The Morgan fingerprint density at radius 3 is 2.79 bits per heavy atom. The number of nitrogens with zero attached hydrogens (tertiary/aromatic N) is 2. The van der Waals surface area contributed by atoms with E-state index in [-0.39, 0.29) is 12.1 Å². The zero-order chi connectivity index (χ0) is 14.0. The van der Waals surface area contributed by atoms with Crippen molar-refractivity contribution in [3.05, 3.63) is 16.6 Å². The number of likely N-dealkylation sites (tertiary alicyclic amines) is 1. The second-order valence-corrected chi connectivity index (χ2v) is 6.60. The third-order valence-corrected chi connectivity index (χ3v) is 3.52. The molecular formula is C13H21N3O2S. The lowest BCUT2D eigenvalue weighted by atomic mass is 10.1. The van der Waals surface area contributed by atoms with Crippen LogP contribution in [0.25, 0.3) is 0 Å². The minimum Gasteiger partial charge on any atom is -0.444 e. The number of hydrogen-bond acceptors (Lipinski definition) is 5. The van der Waals surface area contributed by atoms with Gasteiger partial charge < -0.3 is 15.0 Å². The lowest BCUT2D eigenvalue weighted by Crippen LogP contribution is -2.60. The average molecular weight is 283 g/mol. The van der Waals surface area contributed by atoms with Gasteiger partial charge in [0.15, 0.2) is 0 Å². The molecule has 1 aliphatic rings. The van der Waals surface area contributed by atoms with Crippen LogP contribution in [0.3, 0.4) is 0 Å². The highest BCUT2D eigenvalue weighted by Gasteiger charge is 2.34. The van der Waals surface area contributed by atoms with Crippen LogP contribution in [-0.2, 0) is 4.74 Å². The summed E-state index contributed by atoms with van der Waals surface area (Å²) in [4.78, 5) is 17.8. The molecule has 6 heteroatoms. The number of aromatic nitrogens is 1. The molecule has 0 saturated carbocycles. The predicted octanol–water partition coefficient (Wildman–Crippen LogP) is 2.41. The molecule has 0 aromatic carbocycles. The third-order valence-electron chi connectivity index (χ3n) is 2.91. The van der Waals surface area contributed by atoms with Gasteiger partial charge in [-0.2, -0.15) is 0 Å². The fraction of sp³-hybridized carbons (Fsp3) is 0.692. The topological polar surface area (TPSA) is 54.5 Å². The van der Waals surface area contributed by atoms with Crippen LogP contribution in [-0.4, -0.2) is 40.7 Å². The monoisotopic (exact) mass is 283 g/mol. The first-order chi connectivity index (χ1) is 8.85. The highest BCUT2D eigenvalue weighted by atomic mass is 32.1. The van der Waals surface area contributed by atoms with Gasteiger partial charge in [0.2, 0.25) is 0 Å². The van der Waals surface area contributed by atoms with E-state index < -0.39 is 5.60 Å². The second-order valence-electron chi connectivity index (χ2n) is 5.88. The number of carbonyl (C=O) groups is 1. The van der Waals surface area contributed by atoms with Gasteiger partial charge in [0.05, 0.1) is 11.2 Å². The second kappa shape index (κ2) is 5.46. The number of carbonyl (C=O) groups excluding carboxylic acids is 1. The molecule has 2 heterocycles. The highest BCUT2D eigenvalue weighted by molar-refractivity contribution is 7.07. The Balaban J connectivity index is 1.73. The summed E-state index contributed by atoms with van der Waals surface area (Å²) in [6, 6.07) is 0.543. The number of nitrogens with one attached hydrogen (secondary N) is 1. The fourth-order valence-corrected chi connectivity index (χ4v) is 2.58. The van der Waals surface area contributed by atoms with E-state index in [0.29, 0.717) is 19.1 Å². The standard InChI is InChI=1S/C13H21N3O2S/c1-9(11-7-19-8-14-11)15-10-5-16(6-10)12(17)18-13(2,3)4/h7-10,15H,5-6H2,1-4H3. The van der Waals surface area contributed by atoms with Crippen molar-refractivity contribution in [2.45, 2.75) is 45.4 Å². The molecule has 2 rings (SSSR count). The van der Waals surface area contributed by atoms with Crippen molar-refractivity contribution in [2.24, 2.45) is 0 Å². The van der Waals surface area contributed by atoms with E-state index in [1.54, 1.807) is 16.2 Å². The van der Waals surface area contributed by atoms with Crippen molar-refractivity contribution in [3.63, 3.8) is 0 Å². The summed E-state index contributed by atoms with van der Waals surface area (Å²) in [6.07, 6.45) is -0.230. The van der Waals surface area contributed by atoms with E-state index >= 15 is 0 Å². The molecule has 0 spiro atoms. The maximum absolute atomic E-state index is 11.8. The SMILES string of the molecule is CC(NC1CN(C(=O)OC(C)(C)C)C1)c1cscn1. The molecule has 0 bridgehead atoms. The van der Waals surface area contributed by atoms with Gasteiger partial charge in [-0.25, -0.2) is 9.78 Å². The zero-order valence-electron chi connectivity index (χ0n) is 11.8. The van der Waals surface area contributed by atoms with Crippen molar-refractivity contribution in [1.29, 1.82) is 0 Å². The molecule has 1 fully saturated rings. The van der Waals surface area contributed by atoms with E-state index in [9.17, 15) is 4.79 Å². The number of hydrogen-bond donors (Lipinski definition) is 1. The van der Waals surface area contributed by atoms with Crippen LogP contribution in [0.5, 0.6) is 0 Å². The van der Waals surface area contributed by atoms with Gasteiger partial charge in [-0.1, -0.05) is 0 Å². The van der Waals surface area contributed by atoms with E-state index in [4.69, 9.17) is 4.74 Å². The van der Waals surface area contributed by atoms with Gasteiger partial charge in [-0.05, 0) is 27.7 Å². The van der Waals surface area contributed by atoms with Crippen LogP contribution in [0.1, 0.15) is 39.4 Å². The molecular weight excluding hydrogens is 262 g/mol. The summed E-state index contributed by atoms with van der Waals surface area (Å²) >= 11 is 1.60. The van der Waals surface area contributed by atoms with Crippen LogP contribution in [0.2, 0.25) is 0 Å². The molecule has 1 atom stereocenters. The summed E-state index contributed by atoms with van der Waals surface area (Å²) in [5, 5.41) is 5.50. The van der Waals surface area contributed by atoms with Crippen LogP contribution < -0.4 is 5.32 Å². The highest BCUT2D eigenvalue weighted by Crippen LogP contribution is 2.18. The minimum atomic E-state index is -0.427. The van der Waals surface area contributed by atoms with Crippen molar-refractivity contribution < 1.29 is 9.53 Å².